The van der Waals surface area contributed by atoms with E-state index in [1.54, 1.807) is 21.3 Å². The largest absolute Gasteiger partial charge is 0.400 e. The van der Waals surface area contributed by atoms with Gasteiger partial charge in [-0.1, -0.05) is 37.6 Å². The molecule has 3 N–H and O–H groups in total. The maximum Gasteiger partial charge on any atom is 0.180 e. The van der Waals surface area contributed by atoms with Gasteiger partial charge in [0.05, 0.1) is 18.3 Å². The second-order valence-corrected chi connectivity index (χ2v) is 7.77. The van der Waals surface area contributed by atoms with Crippen LogP contribution < -0.4 is 0 Å². The monoisotopic (exact) mass is 448 g/mol. The summed E-state index contributed by atoms with van der Waals surface area (Å²) < 4.78 is 21.2. The lowest BCUT2D eigenvalue weighted by molar-refractivity contribution is -0.164. The summed E-state index contributed by atoms with van der Waals surface area (Å²) in [6, 6.07) is 0. The lowest BCUT2D eigenvalue weighted by Crippen LogP contribution is -2.33. The third-order valence-electron chi connectivity index (χ3n) is 5.46. The van der Waals surface area contributed by atoms with E-state index in [1.807, 2.05) is 25.2 Å². The van der Waals surface area contributed by atoms with Gasteiger partial charge in [-0.25, -0.2) is 0 Å². The van der Waals surface area contributed by atoms with Gasteiger partial charge in [0.2, 0.25) is 0 Å². The van der Waals surface area contributed by atoms with Crippen LogP contribution >= 0.6 is 0 Å². The average molecular weight is 449 g/mol. The van der Waals surface area contributed by atoms with Gasteiger partial charge in [0.1, 0.15) is 6.10 Å². The van der Waals surface area contributed by atoms with Gasteiger partial charge in [0, 0.05) is 42.0 Å². The highest BCUT2D eigenvalue weighted by molar-refractivity contribution is 5.11. The summed E-state index contributed by atoms with van der Waals surface area (Å²) in [4.78, 5) is 0. The first-order valence-electron chi connectivity index (χ1n) is 11.1. The standard InChI is InChI=1S/C23H44O6.CH4O/c1-8-21(27-5)18(3)13-14-19(24)12-10-9-11-17(2)15-20(26-4)16-22(28-6)23(25)29-7;1-2/h9-11,18-25H,8,12-16H2,1-7H3;2H,1H3/b10-9+,17-11+;. The number of aliphatic hydroxyl groups is 3. The van der Waals surface area contributed by atoms with Crippen molar-refractivity contribution in [2.75, 3.05) is 35.5 Å². The Balaban J connectivity index is 0. The molecule has 0 aromatic rings. The molecule has 0 fully saturated rings. The van der Waals surface area contributed by atoms with Crippen LogP contribution in [0.2, 0.25) is 0 Å². The number of allylic oxidation sites excluding steroid dienone is 2. The normalized spacial score (nSPS) is 18.1. The second-order valence-electron chi connectivity index (χ2n) is 7.77. The van der Waals surface area contributed by atoms with Crippen molar-refractivity contribution in [3.63, 3.8) is 0 Å². The van der Waals surface area contributed by atoms with E-state index in [4.69, 9.17) is 24.1 Å². The van der Waals surface area contributed by atoms with E-state index >= 15 is 0 Å². The summed E-state index contributed by atoms with van der Waals surface area (Å²) in [5.74, 6) is 0.448. The lowest BCUT2D eigenvalue weighted by Gasteiger charge is -2.24. The maximum absolute atomic E-state index is 10.2. The average Bonchev–Trinajstić information content (AvgIpc) is 2.79. The van der Waals surface area contributed by atoms with Gasteiger partial charge in [0.15, 0.2) is 6.29 Å². The Hall–Kier alpha value is -0.800. The van der Waals surface area contributed by atoms with Crippen molar-refractivity contribution >= 4 is 0 Å². The van der Waals surface area contributed by atoms with Crippen LogP contribution in [-0.4, -0.2) is 81.6 Å². The molecule has 6 unspecified atom stereocenters. The minimum atomic E-state index is -0.970. The first-order valence-corrected chi connectivity index (χ1v) is 11.1. The van der Waals surface area contributed by atoms with E-state index in [-0.39, 0.29) is 18.3 Å². The third kappa shape index (κ3) is 15.6. The van der Waals surface area contributed by atoms with Crippen molar-refractivity contribution in [3.05, 3.63) is 23.8 Å². The summed E-state index contributed by atoms with van der Waals surface area (Å²) in [6.07, 6.45) is 9.11. The van der Waals surface area contributed by atoms with E-state index in [0.717, 1.165) is 38.4 Å². The number of methoxy groups -OCH3 is 4. The zero-order chi connectivity index (χ0) is 24.2. The fraction of sp³-hybridized carbons (Fsp3) is 0.833. The zero-order valence-corrected chi connectivity index (χ0v) is 20.9. The van der Waals surface area contributed by atoms with Gasteiger partial charge in [-0.2, -0.15) is 0 Å². The molecule has 0 aliphatic carbocycles. The van der Waals surface area contributed by atoms with Crippen molar-refractivity contribution in [3.8, 4) is 0 Å². The minimum absolute atomic E-state index is 0.0752. The molecule has 0 aromatic carbocycles. The Kier molecular flexibility index (Phi) is 22.0. The maximum atomic E-state index is 10.2. The minimum Gasteiger partial charge on any atom is -0.400 e. The fourth-order valence-corrected chi connectivity index (χ4v) is 3.46. The number of rotatable bonds is 17. The molecule has 0 amide bonds. The van der Waals surface area contributed by atoms with Gasteiger partial charge in [0.25, 0.3) is 0 Å². The molecule has 0 aliphatic heterocycles. The quantitative estimate of drug-likeness (QED) is 0.231. The Bertz CT molecular complexity index is 449. The van der Waals surface area contributed by atoms with Crippen LogP contribution in [0.5, 0.6) is 0 Å². The smallest absolute Gasteiger partial charge is 0.180 e. The lowest BCUT2D eigenvalue weighted by atomic mass is 9.94. The molecule has 6 atom stereocenters. The Morgan fingerprint density at radius 1 is 0.903 bits per heavy atom. The number of ether oxygens (including phenoxy) is 4. The molecular formula is C24H48O7. The van der Waals surface area contributed by atoms with E-state index < -0.39 is 12.4 Å². The van der Waals surface area contributed by atoms with Crippen LogP contribution in [-0.2, 0) is 18.9 Å². The van der Waals surface area contributed by atoms with Gasteiger partial charge in [-0.15, -0.1) is 0 Å². The molecule has 0 saturated heterocycles. The van der Waals surface area contributed by atoms with Gasteiger partial charge in [-0.05, 0) is 44.9 Å². The summed E-state index contributed by atoms with van der Waals surface area (Å²) in [5, 5.41) is 27.0. The van der Waals surface area contributed by atoms with Gasteiger partial charge >= 0.3 is 0 Å². The van der Waals surface area contributed by atoms with Crippen molar-refractivity contribution in [1.82, 2.24) is 0 Å². The molecule has 186 valence electrons. The predicted octanol–water partition coefficient (Wildman–Crippen LogP) is 3.46. The highest BCUT2D eigenvalue weighted by atomic mass is 16.6. The highest BCUT2D eigenvalue weighted by Crippen LogP contribution is 2.19. The Morgan fingerprint density at radius 2 is 1.52 bits per heavy atom. The first-order chi connectivity index (χ1) is 14.8. The molecular weight excluding hydrogens is 400 g/mol. The fourth-order valence-electron chi connectivity index (χ4n) is 3.46. The van der Waals surface area contributed by atoms with E-state index in [0.29, 0.717) is 18.8 Å². The van der Waals surface area contributed by atoms with Crippen molar-refractivity contribution < 1.29 is 34.3 Å². The number of hydrogen-bond donors (Lipinski definition) is 3. The van der Waals surface area contributed by atoms with Crippen LogP contribution in [0.15, 0.2) is 23.8 Å². The number of hydrogen-bond acceptors (Lipinski definition) is 7. The van der Waals surface area contributed by atoms with E-state index in [1.165, 1.54) is 7.11 Å². The van der Waals surface area contributed by atoms with Gasteiger partial charge < -0.3 is 34.3 Å². The van der Waals surface area contributed by atoms with Crippen LogP contribution in [0.1, 0.15) is 59.3 Å². The Labute approximate surface area is 190 Å². The topological polar surface area (TPSA) is 97.6 Å². The molecule has 0 radical (unpaired) electrons. The zero-order valence-electron chi connectivity index (χ0n) is 20.9. The number of aliphatic hydroxyl groups excluding tert-OH is 3. The third-order valence-corrected chi connectivity index (χ3v) is 5.46. The molecule has 0 heterocycles. The summed E-state index contributed by atoms with van der Waals surface area (Å²) in [6.45, 7) is 6.35. The molecule has 0 rings (SSSR count). The SMILES string of the molecule is CCC(OC)C(C)CCC(O)C/C=C/C=C(\C)CC(CC(OC)C(O)OC)OC.CO. The summed E-state index contributed by atoms with van der Waals surface area (Å²) >= 11 is 0. The molecule has 0 bridgehead atoms. The summed E-state index contributed by atoms with van der Waals surface area (Å²) in [7, 11) is 7.41. The molecule has 31 heavy (non-hydrogen) atoms. The summed E-state index contributed by atoms with van der Waals surface area (Å²) in [5.41, 5.74) is 1.16. The first kappa shape index (κ1) is 32.4. The van der Waals surface area contributed by atoms with Crippen LogP contribution in [0.4, 0.5) is 0 Å². The molecule has 0 aromatic heterocycles. The molecule has 7 nitrogen and oxygen atoms in total. The van der Waals surface area contributed by atoms with E-state index in [9.17, 15) is 10.2 Å². The molecule has 7 heteroatoms. The molecule has 0 saturated carbocycles. The second kappa shape index (κ2) is 21.1. The van der Waals surface area contributed by atoms with Crippen molar-refractivity contribution in [2.24, 2.45) is 5.92 Å². The van der Waals surface area contributed by atoms with Crippen LogP contribution in [0.3, 0.4) is 0 Å². The van der Waals surface area contributed by atoms with Crippen molar-refractivity contribution in [2.45, 2.75) is 90.0 Å². The molecule has 0 aliphatic rings. The molecule has 0 spiro atoms. The van der Waals surface area contributed by atoms with Crippen LogP contribution in [0, 0.1) is 5.92 Å². The highest BCUT2D eigenvalue weighted by Gasteiger charge is 2.23. The predicted molar refractivity (Wildman–Crippen MR) is 125 cm³/mol. The van der Waals surface area contributed by atoms with Crippen LogP contribution in [0.25, 0.3) is 0 Å². The Morgan fingerprint density at radius 3 is 2.00 bits per heavy atom. The van der Waals surface area contributed by atoms with Gasteiger partial charge in [-0.3, -0.25) is 0 Å². The van der Waals surface area contributed by atoms with Crippen molar-refractivity contribution in [1.29, 1.82) is 0 Å². The van der Waals surface area contributed by atoms with E-state index in [2.05, 4.69) is 13.8 Å².